The van der Waals surface area contributed by atoms with E-state index in [0.29, 0.717) is 22.7 Å². The first-order valence-corrected chi connectivity index (χ1v) is 5.12. The van der Waals surface area contributed by atoms with Crippen molar-refractivity contribution in [1.82, 2.24) is 19.9 Å². The zero-order chi connectivity index (χ0) is 11.7. The van der Waals surface area contributed by atoms with Gasteiger partial charge in [-0.05, 0) is 24.3 Å². The van der Waals surface area contributed by atoms with Crippen LogP contribution in [-0.2, 0) is 0 Å². The molecule has 0 spiro atoms. The number of anilines is 1. The molecule has 0 aliphatic carbocycles. The molecule has 0 amide bonds. The van der Waals surface area contributed by atoms with Gasteiger partial charge in [0, 0.05) is 23.6 Å². The Hall–Kier alpha value is -2.56. The van der Waals surface area contributed by atoms with Crippen LogP contribution in [0.2, 0.25) is 0 Å². The summed E-state index contributed by atoms with van der Waals surface area (Å²) in [5.74, 6) is 0.623. The van der Waals surface area contributed by atoms with E-state index in [-0.39, 0.29) is 0 Å². The van der Waals surface area contributed by atoms with Crippen LogP contribution < -0.4 is 5.73 Å². The third-order valence-corrected chi connectivity index (χ3v) is 2.40. The second-order valence-corrected chi connectivity index (χ2v) is 3.58. The normalized spacial score (nSPS) is 10.6. The monoisotopic (exact) mass is 223 g/mol. The van der Waals surface area contributed by atoms with Crippen molar-refractivity contribution in [3.8, 4) is 11.4 Å². The molecule has 0 saturated heterocycles. The van der Waals surface area contributed by atoms with Gasteiger partial charge in [0.15, 0.2) is 11.5 Å². The second-order valence-electron chi connectivity index (χ2n) is 3.58. The maximum atomic E-state index is 5.63. The van der Waals surface area contributed by atoms with Gasteiger partial charge in [0.2, 0.25) is 0 Å². The molecule has 5 nitrogen and oxygen atoms in total. The molecule has 0 fully saturated rings. The Kier molecular flexibility index (Phi) is 2.15. The molecule has 0 aliphatic rings. The van der Waals surface area contributed by atoms with E-state index in [9.17, 15) is 0 Å². The minimum absolute atomic E-state index is 0.592. The lowest BCUT2D eigenvalue weighted by Crippen LogP contribution is -1.93. The predicted molar refractivity (Wildman–Crippen MR) is 65.0 cm³/mol. The average molecular weight is 223 g/mol. The maximum Gasteiger partial charge on any atom is 0.181 e. The van der Waals surface area contributed by atoms with Crippen LogP contribution in [-0.4, -0.2) is 19.9 Å². The van der Waals surface area contributed by atoms with Gasteiger partial charge in [-0.15, -0.1) is 0 Å². The molecular formula is C12H9N5. The molecule has 2 heterocycles. The molecule has 0 radical (unpaired) electrons. The van der Waals surface area contributed by atoms with E-state index in [4.69, 9.17) is 5.73 Å². The van der Waals surface area contributed by atoms with E-state index in [1.165, 1.54) is 0 Å². The Morgan fingerprint density at radius 3 is 2.47 bits per heavy atom. The molecular weight excluding hydrogens is 214 g/mol. The minimum atomic E-state index is 0.592. The van der Waals surface area contributed by atoms with E-state index >= 15 is 0 Å². The highest BCUT2D eigenvalue weighted by Crippen LogP contribution is 2.17. The van der Waals surface area contributed by atoms with E-state index in [0.717, 1.165) is 5.56 Å². The van der Waals surface area contributed by atoms with Gasteiger partial charge >= 0.3 is 0 Å². The number of nitrogens with two attached hydrogens (primary N) is 1. The first-order chi connectivity index (χ1) is 8.33. The van der Waals surface area contributed by atoms with Gasteiger partial charge < -0.3 is 5.73 Å². The highest BCUT2D eigenvalue weighted by atomic mass is 15.0. The van der Waals surface area contributed by atoms with E-state index in [1.54, 1.807) is 18.6 Å². The molecule has 0 saturated carbocycles. The number of nitrogens with zero attached hydrogens (tertiary/aromatic N) is 4. The summed E-state index contributed by atoms with van der Waals surface area (Å²) in [4.78, 5) is 16.9. The number of rotatable bonds is 1. The molecule has 2 aromatic heterocycles. The molecule has 0 bridgehead atoms. The number of benzene rings is 1. The molecule has 82 valence electrons. The zero-order valence-electron chi connectivity index (χ0n) is 8.91. The Labute approximate surface area is 97.4 Å². The average Bonchev–Trinajstić information content (AvgIpc) is 2.39. The zero-order valence-corrected chi connectivity index (χ0v) is 8.91. The highest BCUT2D eigenvalue weighted by molar-refractivity contribution is 5.71. The van der Waals surface area contributed by atoms with Gasteiger partial charge in [-0.25, -0.2) is 19.9 Å². The molecule has 3 rings (SSSR count). The maximum absolute atomic E-state index is 5.63. The lowest BCUT2D eigenvalue weighted by Gasteiger charge is -2.01. The molecule has 0 unspecified atom stereocenters. The molecule has 0 aliphatic heterocycles. The third-order valence-electron chi connectivity index (χ3n) is 2.40. The van der Waals surface area contributed by atoms with Crippen LogP contribution in [0.5, 0.6) is 0 Å². The fourth-order valence-electron chi connectivity index (χ4n) is 1.54. The van der Waals surface area contributed by atoms with Crippen LogP contribution in [0.3, 0.4) is 0 Å². The van der Waals surface area contributed by atoms with Crippen molar-refractivity contribution in [2.75, 3.05) is 5.73 Å². The minimum Gasteiger partial charge on any atom is -0.399 e. The Bertz CT molecular complexity index is 663. The fraction of sp³-hybridized carbons (Fsp3) is 0. The first-order valence-electron chi connectivity index (χ1n) is 5.12. The van der Waals surface area contributed by atoms with E-state index in [2.05, 4.69) is 19.9 Å². The van der Waals surface area contributed by atoms with Crippen molar-refractivity contribution in [3.63, 3.8) is 0 Å². The van der Waals surface area contributed by atoms with Gasteiger partial charge in [-0.2, -0.15) is 0 Å². The molecule has 1 aromatic carbocycles. The molecule has 0 atom stereocenters. The van der Waals surface area contributed by atoms with Crippen LogP contribution in [0.4, 0.5) is 5.69 Å². The third kappa shape index (κ3) is 1.78. The molecule has 3 aromatic rings. The quantitative estimate of drug-likeness (QED) is 0.635. The number of aromatic nitrogens is 4. The van der Waals surface area contributed by atoms with Gasteiger partial charge in [0.25, 0.3) is 0 Å². The number of hydrogen-bond acceptors (Lipinski definition) is 5. The Morgan fingerprint density at radius 2 is 1.65 bits per heavy atom. The van der Waals surface area contributed by atoms with Gasteiger partial charge in [0.1, 0.15) is 5.52 Å². The smallest absolute Gasteiger partial charge is 0.181 e. The van der Waals surface area contributed by atoms with Gasteiger partial charge in [0.05, 0.1) is 6.20 Å². The summed E-state index contributed by atoms with van der Waals surface area (Å²) in [5.41, 5.74) is 8.54. The summed E-state index contributed by atoms with van der Waals surface area (Å²) in [5, 5.41) is 0. The van der Waals surface area contributed by atoms with Crippen LogP contribution in [0, 0.1) is 0 Å². The number of hydrogen-bond donors (Lipinski definition) is 1. The van der Waals surface area contributed by atoms with Crippen molar-refractivity contribution in [3.05, 3.63) is 42.9 Å². The summed E-state index contributed by atoms with van der Waals surface area (Å²) in [6.45, 7) is 0. The summed E-state index contributed by atoms with van der Waals surface area (Å²) < 4.78 is 0. The number of nitrogen functional groups attached to an aromatic ring is 1. The standard InChI is InChI=1S/C12H9N5/c13-9-3-1-8(2-4-9)11-16-7-10-12(17-11)15-6-5-14-10/h1-7H,13H2. The first kappa shape index (κ1) is 9.65. The van der Waals surface area contributed by atoms with Crippen molar-refractivity contribution < 1.29 is 0 Å². The van der Waals surface area contributed by atoms with Crippen LogP contribution in [0.15, 0.2) is 42.9 Å². The Balaban J connectivity index is 2.14. The van der Waals surface area contributed by atoms with Crippen molar-refractivity contribution >= 4 is 16.9 Å². The summed E-state index contributed by atoms with van der Waals surface area (Å²) in [6, 6.07) is 7.40. The summed E-state index contributed by atoms with van der Waals surface area (Å²) in [7, 11) is 0. The molecule has 5 heteroatoms. The van der Waals surface area contributed by atoms with Crippen molar-refractivity contribution in [2.24, 2.45) is 0 Å². The summed E-state index contributed by atoms with van der Waals surface area (Å²) in [6.07, 6.45) is 4.90. The van der Waals surface area contributed by atoms with Crippen molar-refractivity contribution in [1.29, 1.82) is 0 Å². The lowest BCUT2D eigenvalue weighted by molar-refractivity contribution is 1.15. The topological polar surface area (TPSA) is 77.6 Å². The van der Waals surface area contributed by atoms with Crippen LogP contribution >= 0.6 is 0 Å². The number of fused-ring (bicyclic) bond motifs is 1. The summed E-state index contributed by atoms with van der Waals surface area (Å²) >= 11 is 0. The van der Waals surface area contributed by atoms with Gasteiger partial charge in [-0.3, -0.25) is 0 Å². The van der Waals surface area contributed by atoms with Crippen molar-refractivity contribution in [2.45, 2.75) is 0 Å². The SMILES string of the molecule is Nc1ccc(-c2ncc3nccnc3n2)cc1. The largest absolute Gasteiger partial charge is 0.399 e. The highest BCUT2D eigenvalue weighted by Gasteiger charge is 2.03. The van der Waals surface area contributed by atoms with E-state index < -0.39 is 0 Å². The predicted octanol–water partition coefficient (Wildman–Crippen LogP) is 1.67. The van der Waals surface area contributed by atoms with Gasteiger partial charge in [-0.1, -0.05) is 0 Å². The Morgan fingerprint density at radius 1 is 0.882 bits per heavy atom. The molecule has 2 N–H and O–H groups in total. The molecule has 17 heavy (non-hydrogen) atoms. The lowest BCUT2D eigenvalue weighted by atomic mass is 10.2. The second kappa shape index (κ2) is 3.79. The van der Waals surface area contributed by atoms with Crippen LogP contribution in [0.25, 0.3) is 22.6 Å². The fourth-order valence-corrected chi connectivity index (χ4v) is 1.54. The van der Waals surface area contributed by atoms with E-state index in [1.807, 2.05) is 24.3 Å². The van der Waals surface area contributed by atoms with Crippen LogP contribution in [0.1, 0.15) is 0 Å².